The maximum Gasteiger partial charge on any atom is 0.317 e. The van der Waals surface area contributed by atoms with Crippen LogP contribution in [-0.2, 0) is 0 Å². The lowest BCUT2D eigenvalue weighted by Gasteiger charge is -2.31. The van der Waals surface area contributed by atoms with Gasteiger partial charge in [0.25, 0.3) is 0 Å². The first-order chi connectivity index (χ1) is 6.36. The topological polar surface area (TPSA) is 32.3 Å². The summed E-state index contributed by atoms with van der Waals surface area (Å²) in [6, 6.07) is 0.151. The molecule has 1 N–H and O–H groups in total. The molecule has 0 bridgehead atoms. The zero-order valence-electron chi connectivity index (χ0n) is 8.09. The smallest absolute Gasteiger partial charge is 0.317 e. The quantitative estimate of drug-likeness (QED) is 0.691. The predicted molar refractivity (Wildman–Crippen MR) is 51.5 cm³/mol. The maximum atomic E-state index is 11.4. The van der Waals surface area contributed by atoms with E-state index in [4.69, 9.17) is 0 Å². The molecule has 1 aliphatic carbocycles. The average Bonchev–Trinajstić information content (AvgIpc) is 2.49. The van der Waals surface area contributed by atoms with Gasteiger partial charge in [-0.2, -0.15) is 0 Å². The number of amides is 2. The van der Waals surface area contributed by atoms with Crippen LogP contribution in [-0.4, -0.2) is 30.6 Å². The van der Waals surface area contributed by atoms with Crippen LogP contribution in [0.2, 0.25) is 0 Å². The van der Waals surface area contributed by atoms with Gasteiger partial charge in [0.2, 0.25) is 0 Å². The number of likely N-dealkylation sites (tertiary alicyclic amines) is 1. The first-order valence-corrected chi connectivity index (χ1v) is 5.39. The number of nitrogens with zero attached hydrogens (tertiary/aromatic N) is 1. The largest absolute Gasteiger partial charge is 0.338 e. The molecule has 2 fully saturated rings. The van der Waals surface area contributed by atoms with Gasteiger partial charge in [0.15, 0.2) is 0 Å². The van der Waals surface area contributed by atoms with Gasteiger partial charge >= 0.3 is 6.03 Å². The summed E-state index contributed by atoms with van der Waals surface area (Å²) in [6.07, 6.45) is 6.49. The monoisotopic (exact) mass is 182 g/mol. The van der Waals surface area contributed by atoms with Crippen molar-refractivity contribution >= 4 is 6.03 Å². The van der Waals surface area contributed by atoms with Gasteiger partial charge in [0.05, 0.1) is 0 Å². The third-order valence-electron chi connectivity index (χ3n) is 3.16. The van der Waals surface area contributed by atoms with E-state index >= 15 is 0 Å². The Morgan fingerprint density at radius 1 is 1.23 bits per heavy atom. The third-order valence-corrected chi connectivity index (χ3v) is 3.16. The van der Waals surface area contributed by atoms with Crippen LogP contribution in [0.15, 0.2) is 0 Å². The second-order valence-corrected chi connectivity index (χ2v) is 4.18. The van der Waals surface area contributed by atoms with Crippen LogP contribution in [0.25, 0.3) is 0 Å². The minimum Gasteiger partial charge on any atom is -0.338 e. The van der Waals surface area contributed by atoms with E-state index < -0.39 is 0 Å². The van der Waals surface area contributed by atoms with Crippen LogP contribution in [0.3, 0.4) is 0 Å². The Morgan fingerprint density at radius 3 is 2.46 bits per heavy atom. The van der Waals surface area contributed by atoms with Gasteiger partial charge in [-0.05, 0) is 25.2 Å². The van der Waals surface area contributed by atoms with Gasteiger partial charge < -0.3 is 10.2 Å². The molecule has 0 radical (unpaired) electrons. The number of hydrogen-bond acceptors (Lipinski definition) is 1. The molecule has 3 heteroatoms. The van der Waals surface area contributed by atoms with Gasteiger partial charge in [-0.3, -0.25) is 0 Å². The number of rotatable bonds is 2. The molecule has 3 nitrogen and oxygen atoms in total. The van der Waals surface area contributed by atoms with Crippen LogP contribution in [0.1, 0.15) is 32.1 Å². The molecule has 1 aliphatic heterocycles. The van der Waals surface area contributed by atoms with Crippen molar-refractivity contribution in [2.75, 3.05) is 19.6 Å². The van der Waals surface area contributed by atoms with E-state index in [1.165, 1.54) is 32.1 Å². The van der Waals surface area contributed by atoms with Crippen molar-refractivity contribution in [2.45, 2.75) is 32.1 Å². The molecule has 1 heterocycles. The van der Waals surface area contributed by atoms with Crippen molar-refractivity contribution in [1.29, 1.82) is 0 Å². The molecule has 0 unspecified atom stereocenters. The molecule has 0 atom stereocenters. The first-order valence-electron chi connectivity index (χ1n) is 5.39. The van der Waals surface area contributed by atoms with Gasteiger partial charge in [-0.15, -0.1) is 0 Å². The highest BCUT2D eigenvalue weighted by molar-refractivity contribution is 5.74. The molecule has 74 valence electrons. The number of carbonyl (C=O) groups is 1. The standard InChI is InChI=1S/C10H18N2O/c13-10(12-6-3-7-12)11-8-9-4-1-2-5-9/h9H,1-8H2,(H,11,13). The summed E-state index contributed by atoms with van der Waals surface area (Å²) in [5.41, 5.74) is 0. The molecule has 2 amide bonds. The Labute approximate surface area is 79.5 Å². The van der Waals surface area contributed by atoms with E-state index in [0.29, 0.717) is 0 Å². The van der Waals surface area contributed by atoms with Crippen molar-refractivity contribution in [1.82, 2.24) is 10.2 Å². The molecule has 1 saturated carbocycles. The van der Waals surface area contributed by atoms with Gasteiger partial charge in [0, 0.05) is 19.6 Å². The van der Waals surface area contributed by atoms with E-state index in [9.17, 15) is 4.79 Å². The van der Waals surface area contributed by atoms with Crippen molar-refractivity contribution in [2.24, 2.45) is 5.92 Å². The SMILES string of the molecule is O=C(NCC1CCCC1)N1CCC1. The molecular formula is C10H18N2O. The van der Waals surface area contributed by atoms with E-state index in [2.05, 4.69) is 5.32 Å². The lowest BCUT2D eigenvalue weighted by molar-refractivity contribution is 0.166. The van der Waals surface area contributed by atoms with Crippen LogP contribution < -0.4 is 5.32 Å². The molecule has 0 aromatic carbocycles. The summed E-state index contributed by atoms with van der Waals surface area (Å²) in [7, 11) is 0. The molecule has 0 aromatic heterocycles. The number of nitrogens with one attached hydrogen (secondary N) is 1. The summed E-state index contributed by atoms with van der Waals surface area (Å²) in [6.45, 7) is 2.81. The highest BCUT2D eigenvalue weighted by Crippen LogP contribution is 2.23. The van der Waals surface area contributed by atoms with Crippen LogP contribution in [0.4, 0.5) is 4.79 Å². The fourth-order valence-corrected chi connectivity index (χ4v) is 2.08. The molecule has 2 aliphatic rings. The van der Waals surface area contributed by atoms with Crippen LogP contribution in [0, 0.1) is 5.92 Å². The van der Waals surface area contributed by atoms with Crippen LogP contribution in [0.5, 0.6) is 0 Å². The van der Waals surface area contributed by atoms with Gasteiger partial charge in [-0.25, -0.2) is 4.79 Å². The fourth-order valence-electron chi connectivity index (χ4n) is 2.08. The highest BCUT2D eigenvalue weighted by Gasteiger charge is 2.21. The number of carbonyl (C=O) groups excluding carboxylic acids is 1. The molecular weight excluding hydrogens is 164 g/mol. The van der Waals surface area contributed by atoms with Crippen molar-refractivity contribution in [3.63, 3.8) is 0 Å². The lowest BCUT2D eigenvalue weighted by atomic mass is 10.1. The Balaban J connectivity index is 1.63. The predicted octanol–water partition coefficient (Wildman–Crippen LogP) is 1.59. The van der Waals surface area contributed by atoms with Crippen molar-refractivity contribution in [3.8, 4) is 0 Å². The summed E-state index contributed by atoms with van der Waals surface area (Å²) in [5, 5.41) is 3.01. The molecule has 0 spiro atoms. The van der Waals surface area contributed by atoms with Gasteiger partial charge in [-0.1, -0.05) is 12.8 Å². The van der Waals surface area contributed by atoms with Crippen molar-refractivity contribution in [3.05, 3.63) is 0 Å². The Morgan fingerprint density at radius 2 is 1.92 bits per heavy atom. The summed E-state index contributed by atoms with van der Waals surface area (Å²) < 4.78 is 0. The minimum absolute atomic E-state index is 0.151. The van der Waals surface area contributed by atoms with Crippen molar-refractivity contribution < 1.29 is 4.79 Å². The Kier molecular flexibility index (Phi) is 2.71. The lowest BCUT2D eigenvalue weighted by Crippen LogP contribution is -2.48. The third kappa shape index (κ3) is 2.14. The Hall–Kier alpha value is -0.730. The summed E-state index contributed by atoms with van der Waals surface area (Å²) in [4.78, 5) is 13.3. The maximum absolute atomic E-state index is 11.4. The summed E-state index contributed by atoms with van der Waals surface area (Å²) >= 11 is 0. The molecule has 0 aromatic rings. The minimum atomic E-state index is 0.151. The number of hydrogen-bond donors (Lipinski definition) is 1. The average molecular weight is 182 g/mol. The second-order valence-electron chi connectivity index (χ2n) is 4.18. The zero-order chi connectivity index (χ0) is 9.10. The van der Waals surface area contributed by atoms with Gasteiger partial charge in [0.1, 0.15) is 0 Å². The zero-order valence-corrected chi connectivity index (χ0v) is 8.09. The normalized spacial score (nSPS) is 22.9. The second kappa shape index (κ2) is 3.99. The Bertz CT molecular complexity index is 183. The van der Waals surface area contributed by atoms with Crippen LogP contribution >= 0.6 is 0 Å². The van der Waals surface area contributed by atoms with E-state index in [0.717, 1.165) is 25.6 Å². The molecule has 2 rings (SSSR count). The highest BCUT2D eigenvalue weighted by atomic mass is 16.2. The number of urea groups is 1. The van der Waals surface area contributed by atoms with E-state index in [1.54, 1.807) is 0 Å². The van der Waals surface area contributed by atoms with E-state index in [1.807, 2.05) is 4.90 Å². The van der Waals surface area contributed by atoms with E-state index in [-0.39, 0.29) is 6.03 Å². The molecule has 13 heavy (non-hydrogen) atoms. The summed E-state index contributed by atoms with van der Waals surface area (Å²) in [5.74, 6) is 0.755. The molecule has 1 saturated heterocycles. The first kappa shape index (κ1) is 8.85. The fraction of sp³-hybridized carbons (Fsp3) is 0.900.